The molecule has 2 aromatic carbocycles. The molecular weight excluding hydrogens is 796 g/mol. The summed E-state index contributed by atoms with van der Waals surface area (Å²) in [6.45, 7) is 15.3. The van der Waals surface area contributed by atoms with Crippen LogP contribution in [0.1, 0.15) is 44.7 Å². The van der Waals surface area contributed by atoms with Crippen molar-refractivity contribution in [3.05, 3.63) is 101 Å². The lowest BCUT2D eigenvalue weighted by atomic mass is 10.0. The van der Waals surface area contributed by atoms with Gasteiger partial charge < -0.3 is 35.8 Å². The van der Waals surface area contributed by atoms with Crippen LogP contribution in [0.15, 0.2) is 85.2 Å². The Labute approximate surface area is 372 Å². The van der Waals surface area contributed by atoms with Crippen molar-refractivity contribution in [3.8, 4) is 22.5 Å². The number of alkyl carbamates (subject to hydrolysis) is 1. The smallest absolute Gasteiger partial charge is 0.407 e. The van der Waals surface area contributed by atoms with Crippen LogP contribution in [0.5, 0.6) is 0 Å². The average molecular weight is 860 g/mol. The number of benzene rings is 2. The zero-order valence-electron chi connectivity index (χ0n) is 37.8. The molecule has 2 saturated heterocycles. The van der Waals surface area contributed by atoms with Crippen LogP contribution in [0, 0.1) is 25.7 Å². The highest BCUT2D eigenvalue weighted by molar-refractivity contribution is 6.34. The van der Waals surface area contributed by atoms with E-state index in [9.17, 15) is 4.79 Å². The maximum atomic E-state index is 11.3. The van der Waals surface area contributed by atoms with Crippen LogP contribution in [0.4, 0.5) is 22.0 Å². The third-order valence-electron chi connectivity index (χ3n) is 11.1. The molecule has 12 nitrogen and oxygen atoms in total. The first-order chi connectivity index (χ1) is 29.6. The average Bonchev–Trinajstić information content (AvgIpc) is 3.95. The summed E-state index contributed by atoms with van der Waals surface area (Å²) < 4.78 is 5.13. The highest BCUT2D eigenvalue weighted by atomic mass is 35.5. The van der Waals surface area contributed by atoms with Gasteiger partial charge in [-0.15, -0.1) is 0 Å². The van der Waals surface area contributed by atoms with Crippen LogP contribution in [-0.2, 0) is 4.74 Å². The van der Waals surface area contributed by atoms with Gasteiger partial charge in [0, 0.05) is 93.5 Å². The van der Waals surface area contributed by atoms with E-state index >= 15 is 0 Å². The molecule has 328 valence electrons. The zero-order valence-corrected chi connectivity index (χ0v) is 38.6. The van der Waals surface area contributed by atoms with Gasteiger partial charge in [0.1, 0.15) is 16.6 Å². The molecule has 1 amide bonds. The normalized spacial score (nSPS) is 16.0. The number of pyridine rings is 4. The Bertz CT molecular complexity index is 2460. The predicted octanol–water partition coefficient (Wildman–Crippen LogP) is 8.90. The number of amides is 1. The van der Waals surface area contributed by atoms with Gasteiger partial charge in [-0.1, -0.05) is 23.7 Å². The van der Waals surface area contributed by atoms with E-state index in [0.717, 1.165) is 95.7 Å². The number of rotatable bonds is 8. The summed E-state index contributed by atoms with van der Waals surface area (Å²) in [6.07, 6.45) is 5.56. The van der Waals surface area contributed by atoms with Gasteiger partial charge in [0.15, 0.2) is 0 Å². The summed E-state index contributed by atoms with van der Waals surface area (Å²) in [7, 11) is 8.22. The van der Waals surface area contributed by atoms with Gasteiger partial charge in [0.05, 0.1) is 22.4 Å². The fourth-order valence-electron chi connectivity index (χ4n) is 7.91. The van der Waals surface area contributed by atoms with Crippen molar-refractivity contribution in [2.24, 2.45) is 17.6 Å². The number of nitrogens with one attached hydrogen (secondary N) is 2. The number of anilines is 3. The number of hydrogen-bond acceptors (Lipinski definition) is 11. The first kappa shape index (κ1) is 46.0. The number of hydrogen-bond donors (Lipinski definition) is 3. The predicted molar refractivity (Wildman–Crippen MR) is 258 cm³/mol. The minimum Gasteiger partial charge on any atom is -0.444 e. The van der Waals surface area contributed by atoms with Crippen molar-refractivity contribution in [1.29, 1.82) is 0 Å². The van der Waals surface area contributed by atoms with E-state index in [1.165, 1.54) is 22.5 Å². The highest BCUT2D eigenvalue weighted by Gasteiger charge is 2.25. The SMILES string of the molecule is CC(C)(C)OC(=O)NC[C@@H]1CCNC1.Cc1cc(-c2cc3ncccc3c(Cl)n2)ccc1N(C)C.Cc1cc(-c2cc3ncccc3c(N3CC[C@@H](CN)C3)n2)ccc1N(C)C. The summed E-state index contributed by atoms with van der Waals surface area (Å²) in [6, 6.07) is 24.8. The monoisotopic (exact) mass is 858 g/mol. The molecule has 6 heterocycles. The lowest BCUT2D eigenvalue weighted by Gasteiger charge is -2.21. The minimum atomic E-state index is -0.405. The van der Waals surface area contributed by atoms with Crippen LogP contribution >= 0.6 is 11.6 Å². The number of aromatic nitrogens is 4. The van der Waals surface area contributed by atoms with E-state index in [4.69, 9.17) is 27.1 Å². The van der Waals surface area contributed by atoms with E-state index < -0.39 is 5.60 Å². The fraction of sp³-hybridized carbons (Fsp3) is 0.408. The number of aryl methyl sites for hydroxylation is 2. The number of ether oxygens (including phenoxy) is 1. The molecule has 2 fully saturated rings. The van der Waals surface area contributed by atoms with Crippen molar-refractivity contribution in [1.82, 2.24) is 30.6 Å². The molecule has 6 aromatic rings. The molecule has 13 heteroatoms. The van der Waals surface area contributed by atoms with Gasteiger partial charge in [0.2, 0.25) is 0 Å². The van der Waals surface area contributed by atoms with E-state index in [1.807, 2.05) is 65.3 Å². The van der Waals surface area contributed by atoms with Crippen molar-refractivity contribution in [3.63, 3.8) is 0 Å². The third kappa shape index (κ3) is 11.9. The largest absolute Gasteiger partial charge is 0.444 e. The van der Waals surface area contributed by atoms with E-state index in [2.05, 4.69) is 117 Å². The zero-order chi connectivity index (χ0) is 44.6. The minimum absolute atomic E-state index is 0.315. The molecule has 0 unspecified atom stereocenters. The van der Waals surface area contributed by atoms with Crippen LogP contribution in [0.25, 0.3) is 44.3 Å². The molecule has 2 aliphatic rings. The molecular formula is C49H63ClN10O2. The first-order valence-electron chi connectivity index (χ1n) is 21.5. The molecule has 0 radical (unpaired) electrons. The molecule has 2 aliphatic heterocycles. The van der Waals surface area contributed by atoms with Gasteiger partial charge in [-0.05, 0) is 151 Å². The second-order valence-corrected chi connectivity index (χ2v) is 18.0. The molecule has 2 atom stereocenters. The molecule has 4 aromatic heterocycles. The summed E-state index contributed by atoms with van der Waals surface area (Å²) >= 11 is 6.27. The standard InChI is InChI=1S/C22H27N5.C17H16ClN3.C10H20N2O2/c1-15-11-17(6-7-21(15)26(2)3)19-12-20-18(5-4-9-24-20)22(25-19)27-10-8-16(13-23)14-27;1-11-9-12(6-7-16(11)21(2)3)14-10-15-13(17(18)20-14)5-4-8-19-15;1-10(2,3)14-9(13)12-7-8-4-5-11-6-8/h4-7,9,11-12,16H,8,10,13-14,23H2,1-3H3;4-10H,1-3H3;8,11H,4-7H2,1-3H3,(H,12,13)/t16-;;8-/m0.1/s1. The lowest BCUT2D eigenvalue weighted by Crippen LogP contribution is -2.35. The Kier molecular flexibility index (Phi) is 15.2. The Balaban J connectivity index is 0.000000164. The molecule has 8 rings (SSSR count). The third-order valence-corrected chi connectivity index (χ3v) is 11.4. The quantitative estimate of drug-likeness (QED) is 0.127. The van der Waals surface area contributed by atoms with Crippen molar-refractivity contribution in [2.45, 2.75) is 53.1 Å². The van der Waals surface area contributed by atoms with Gasteiger partial charge in [0.25, 0.3) is 0 Å². The van der Waals surface area contributed by atoms with Crippen molar-refractivity contribution < 1.29 is 9.53 Å². The summed E-state index contributed by atoms with van der Waals surface area (Å²) in [4.78, 5) is 36.4. The van der Waals surface area contributed by atoms with E-state index in [-0.39, 0.29) is 6.09 Å². The van der Waals surface area contributed by atoms with Crippen LogP contribution in [-0.4, -0.2) is 99.1 Å². The topological polar surface area (TPSA) is 138 Å². The summed E-state index contributed by atoms with van der Waals surface area (Å²) in [5.74, 6) is 2.13. The van der Waals surface area contributed by atoms with Gasteiger partial charge in [-0.3, -0.25) is 9.97 Å². The number of halogens is 1. The van der Waals surface area contributed by atoms with Crippen LogP contribution < -0.4 is 31.1 Å². The maximum Gasteiger partial charge on any atom is 0.407 e. The molecule has 0 spiro atoms. The number of carbonyl (C=O) groups is 1. The van der Waals surface area contributed by atoms with Crippen LogP contribution in [0.3, 0.4) is 0 Å². The summed E-state index contributed by atoms with van der Waals surface area (Å²) in [5, 5.41) is 8.51. The molecule has 0 saturated carbocycles. The molecule has 4 N–H and O–H groups in total. The lowest BCUT2D eigenvalue weighted by molar-refractivity contribution is 0.0520. The van der Waals surface area contributed by atoms with Crippen molar-refractivity contribution >= 4 is 56.7 Å². The van der Waals surface area contributed by atoms with E-state index in [1.54, 1.807) is 6.20 Å². The molecule has 0 aliphatic carbocycles. The molecule has 0 bridgehead atoms. The maximum absolute atomic E-state index is 11.3. The van der Waals surface area contributed by atoms with Gasteiger partial charge >= 0.3 is 6.09 Å². The van der Waals surface area contributed by atoms with E-state index in [0.29, 0.717) is 23.5 Å². The Hall–Kier alpha value is -5.56. The van der Waals surface area contributed by atoms with Crippen LogP contribution in [0.2, 0.25) is 5.15 Å². The fourth-order valence-corrected chi connectivity index (χ4v) is 8.16. The Morgan fingerprint density at radius 1 is 0.839 bits per heavy atom. The van der Waals surface area contributed by atoms with Gasteiger partial charge in [-0.25, -0.2) is 14.8 Å². The second kappa shape index (κ2) is 20.5. The Morgan fingerprint density at radius 3 is 1.94 bits per heavy atom. The number of nitrogens with two attached hydrogens (primary N) is 1. The highest BCUT2D eigenvalue weighted by Crippen LogP contribution is 2.34. The number of fused-ring (bicyclic) bond motifs is 2. The second-order valence-electron chi connectivity index (χ2n) is 17.6. The molecule has 62 heavy (non-hydrogen) atoms. The summed E-state index contributed by atoms with van der Waals surface area (Å²) in [5.41, 5.74) is 16.2. The van der Waals surface area contributed by atoms with Crippen molar-refractivity contribution in [2.75, 3.05) is 82.2 Å². The number of carbonyl (C=O) groups excluding carboxylic acids is 1. The van der Waals surface area contributed by atoms with Gasteiger partial charge in [-0.2, -0.15) is 0 Å². The number of nitrogens with zero attached hydrogens (tertiary/aromatic N) is 7. The first-order valence-corrected chi connectivity index (χ1v) is 21.8. The Morgan fingerprint density at radius 2 is 1.42 bits per heavy atom.